The molecule has 4 aromatic rings. The fourth-order valence-electron chi connectivity index (χ4n) is 3.37. The van der Waals surface area contributed by atoms with E-state index in [9.17, 15) is 23.1 Å². The smallest absolute Gasteiger partial charge is 0.435 e. The van der Waals surface area contributed by atoms with Gasteiger partial charge in [-0.25, -0.2) is 4.68 Å². The maximum absolute atomic E-state index is 13.4. The van der Waals surface area contributed by atoms with Crippen LogP contribution < -0.4 is 4.90 Å². The molecule has 0 spiro atoms. The molecule has 4 rings (SSSR count). The van der Waals surface area contributed by atoms with E-state index >= 15 is 0 Å². The number of halogens is 4. The molecule has 1 heterocycles. The van der Waals surface area contributed by atoms with Gasteiger partial charge in [0.1, 0.15) is 5.75 Å². The lowest BCUT2D eigenvalue weighted by Gasteiger charge is -2.18. The zero-order valence-electron chi connectivity index (χ0n) is 17.2. The van der Waals surface area contributed by atoms with Crippen molar-refractivity contribution in [1.29, 1.82) is 0 Å². The van der Waals surface area contributed by atoms with E-state index in [1.54, 1.807) is 42.5 Å². The summed E-state index contributed by atoms with van der Waals surface area (Å²) in [5.41, 5.74) is 0.451. The summed E-state index contributed by atoms with van der Waals surface area (Å²) in [5.74, 6) is -0.438. The van der Waals surface area contributed by atoms with E-state index in [-0.39, 0.29) is 16.5 Å². The first kappa shape index (κ1) is 22.4. The van der Waals surface area contributed by atoms with Crippen molar-refractivity contribution < 1.29 is 23.1 Å². The largest absolute Gasteiger partial charge is 0.506 e. The molecule has 1 aromatic heterocycles. The van der Waals surface area contributed by atoms with Gasteiger partial charge in [-0.3, -0.25) is 4.79 Å². The van der Waals surface area contributed by atoms with Crippen molar-refractivity contribution in [2.45, 2.75) is 6.18 Å². The Hall–Kier alpha value is -3.78. The number of aromatic nitrogens is 2. The van der Waals surface area contributed by atoms with Gasteiger partial charge in [-0.1, -0.05) is 48.0 Å². The number of phenolic OH excluding ortho intramolecular Hbond substituents is 1. The first-order chi connectivity index (χ1) is 15.7. The van der Waals surface area contributed by atoms with Crippen LogP contribution in [-0.4, -0.2) is 27.8 Å². The Bertz CT molecular complexity index is 1320. The number of phenols is 1. The standard InChI is InChI=1S/C24H17ClF3N3O2/c1-30(19-8-4-5-9-21(19)32)23(33)16-12-10-15(11-13-16)20-14-22(24(26,27)28)29-31(20)18-7-3-2-6-17(18)25/h2-14,32H,1H3. The molecule has 0 fully saturated rings. The maximum Gasteiger partial charge on any atom is 0.435 e. The predicted octanol–water partition coefficient (Wildman–Crippen LogP) is 6.19. The second kappa shape index (κ2) is 8.63. The molecule has 5 nitrogen and oxygen atoms in total. The molecule has 0 aliphatic carbocycles. The molecule has 0 radical (unpaired) electrons. The number of carbonyl (C=O) groups excluding carboxylic acids is 1. The van der Waals surface area contributed by atoms with E-state index in [1.165, 1.54) is 42.3 Å². The fourth-order valence-corrected chi connectivity index (χ4v) is 3.58. The minimum atomic E-state index is -4.64. The lowest BCUT2D eigenvalue weighted by atomic mass is 10.1. The number of nitrogens with zero attached hydrogens (tertiary/aromatic N) is 3. The molecule has 168 valence electrons. The lowest BCUT2D eigenvalue weighted by molar-refractivity contribution is -0.141. The van der Waals surface area contributed by atoms with Crippen molar-refractivity contribution in [3.63, 3.8) is 0 Å². The normalized spacial score (nSPS) is 11.4. The van der Waals surface area contributed by atoms with Crippen LogP contribution in [0.1, 0.15) is 16.1 Å². The first-order valence-electron chi connectivity index (χ1n) is 9.75. The molecule has 0 saturated carbocycles. The SMILES string of the molecule is CN(C(=O)c1ccc(-c2cc(C(F)(F)F)nn2-c2ccccc2Cl)cc1)c1ccccc1O. The molecule has 0 atom stereocenters. The van der Waals surface area contributed by atoms with Gasteiger partial charge >= 0.3 is 6.18 Å². The van der Waals surface area contributed by atoms with Crippen LogP contribution in [0.3, 0.4) is 0 Å². The van der Waals surface area contributed by atoms with Crippen molar-refractivity contribution in [3.8, 4) is 22.7 Å². The molecule has 3 aromatic carbocycles. The number of amides is 1. The third kappa shape index (κ3) is 4.42. The highest BCUT2D eigenvalue weighted by Gasteiger charge is 2.35. The molecular formula is C24H17ClF3N3O2. The second-order valence-corrected chi connectivity index (χ2v) is 7.61. The molecule has 33 heavy (non-hydrogen) atoms. The highest BCUT2D eigenvalue weighted by Crippen LogP contribution is 2.35. The summed E-state index contributed by atoms with van der Waals surface area (Å²) < 4.78 is 41.3. The zero-order chi connectivity index (χ0) is 23.8. The van der Waals surface area contributed by atoms with Crippen LogP contribution >= 0.6 is 11.6 Å². The molecule has 1 amide bonds. The van der Waals surface area contributed by atoms with Crippen LogP contribution in [-0.2, 0) is 6.18 Å². The highest BCUT2D eigenvalue weighted by molar-refractivity contribution is 6.32. The number of hydrogen-bond acceptors (Lipinski definition) is 3. The van der Waals surface area contributed by atoms with Gasteiger partial charge in [0.25, 0.3) is 5.91 Å². The minimum absolute atomic E-state index is 0.0479. The van der Waals surface area contributed by atoms with Gasteiger partial charge in [-0.2, -0.15) is 18.3 Å². The molecule has 0 unspecified atom stereocenters. The van der Waals surface area contributed by atoms with Crippen LogP contribution in [0.15, 0.2) is 78.9 Å². The molecule has 0 bridgehead atoms. The molecule has 1 N–H and O–H groups in total. The number of rotatable bonds is 4. The van der Waals surface area contributed by atoms with Gasteiger partial charge in [-0.15, -0.1) is 0 Å². The number of carbonyl (C=O) groups is 1. The highest BCUT2D eigenvalue weighted by atomic mass is 35.5. The van der Waals surface area contributed by atoms with Gasteiger partial charge in [-0.05, 0) is 42.5 Å². The van der Waals surface area contributed by atoms with Gasteiger partial charge in [0.05, 0.1) is 22.1 Å². The predicted molar refractivity (Wildman–Crippen MR) is 120 cm³/mol. The van der Waals surface area contributed by atoms with Crippen LogP contribution in [0, 0.1) is 0 Å². The van der Waals surface area contributed by atoms with Gasteiger partial charge in [0.2, 0.25) is 0 Å². The van der Waals surface area contributed by atoms with E-state index in [4.69, 9.17) is 11.6 Å². The number of aromatic hydroxyl groups is 1. The molecule has 0 aliphatic rings. The Balaban J connectivity index is 1.72. The topological polar surface area (TPSA) is 58.4 Å². The van der Waals surface area contributed by atoms with Gasteiger partial charge in [0, 0.05) is 18.2 Å². The zero-order valence-corrected chi connectivity index (χ0v) is 18.0. The molecular weight excluding hydrogens is 455 g/mol. The summed E-state index contributed by atoms with van der Waals surface area (Å²) in [6.07, 6.45) is -4.64. The summed E-state index contributed by atoms with van der Waals surface area (Å²) in [7, 11) is 1.52. The minimum Gasteiger partial charge on any atom is -0.506 e. The monoisotopic (exact) mass is 471 g/mol. The summed E-state index contributed by atoms with van der Waals surface area (Å²) in [6.45, 7) is 0. The van der Waals surface area contributed by atoms with Crippen molar-refractivity contribution in [3.05, 3.63) is 95.1 Å². The quantitative estimate of drug-likeness (QED) is 0.386. The first-order valence-corrected chi connectivity index (χ1v) is 10.1. The van der Waals surface area contributed by atoms with Gasteiger partial charge < -0.3 is 10.0 Å². The van der Waals surface area contributed by atoms with Crippen molar-refractivity contribution in [1.82, 2.24) is 9.78 Å². The van der Waals surface area contributed by atoms with E-state index in [1.807, 2.05) is 0 Å². The third-order valence-electron chi connectivity index (χ3n) is 5.06. The Morgan fingerprint density at radius 2 is 1.64 bits per heavy atom. The Kier molecular flexibility index (Phi) is 5.86. The number of benzene rings is 3. The van der Waals surface area contributed by atoms with E-state index in [0.717, 1.165) is 10.7 Å². The number of hydrogen-bond donors (Lipinski definition) is 1. The van der Waals surface area contributed by atoms with Crippen LogP contribution in [0.5, 0.6) is 5.75 Å². The average Bonchev–Trinajstić information content (AvgIpc) is 3.25. The summed E-state index contributed by atoms with van der Waals surface area (Å²) in [5, 5.41) is 14.0. The number of para-hydroxylation sites is 3. The van der Waals surface area contributed by atoms with Gasteiger partial charge in [0.15, 0.2) is 5.69 Å². The van der Waals surface area contributed by atoms with Crippen molar-refractivity contribution in [2.24, 2.45) is 0 Å². The molecule has 0 saturated heterocycles. The average molecular weight is 472 g/mol. The molecule has 9 heteroatoms. The Morgan fingerprint density at radius 3 is 2.27 bits per heavy atom. The summed E-state index contributed by atoms with van der Waals surface area (Å²) in [4.78, 5) is 14.1. The maximum atomic E-state index is 13.4. The summed E-state index contributed by atoms with van der Waals surface area (Å²) >= 11 is 6.20. The number of alkyl halides is 3. The fraction of sp³-hybridized carbons (Fsp3) is 0.0833. The van der Waals surface area contributed by atoms with Crippen LogP contribution in [0.25, 0.3) is 16.9 Å². The van der Waals surface area contributed by atoms with E-state index < -0.39 is 17.8 Å². The second-order valence-electron chi connectivity index (χ2n) is 7.21. The van der Waals surface area contributed by atoms with Crippen molar-refractivity contribution >= 4 is 23.2 Å². The van der Waals surface area contributed by atoms with Crippen LogP contribution in [0.4, 0.5) is 18.9 Å². The van der Waals surface area contributed by atoms with Crippen LogP contribution in [0.2, 0.25) is 5.02 Å². The third-order valence-corrected chi connectivity index (χ3v) is 5.38. The Morgan fingerprint density at radius 1 is 1.00 bits per heavy atom. The van der Waals surface area contributed by atoms with E-state index in [2.05, 4.69) is 5.10 Å². The van der Waals surface area contributed by atoms with E-state index in [0.29, 0.717) is 22.5 Å². The van der Waals surface area contributed by atoms with Crippen molar-refractivity contribution in [2.75, 3.05) is 11.9 Å². The Labute approximate surface area is 192 Å². The number of anilines is 1. The lowest BCUT2D eigenvalue weighted by Crippen LogP contribution is -2.26. The molecule has 0 aliphatic heterocycles. The summed E-state index contributed by atoms with van der Waals surface area (Å²) in [6, 6.07) is 19.9.